The Hall–Kier alpha value is -3.61. The highest BCUT2D eigenvalue weighted by Gasteiger charge is 2.51. The first kappa shape index (κ1) is 77.5. The summed E-state index contributed by atoms with van der Waals surface area (Å²) in [6.07, 6.45) is 62.3. The van der Waals surface area contributed by atoms with Gasteiger partial charge in [0.05, 0.1) is 32.0 Å². The van der Waals surface area contributed by atoms with Crippen LogP contribution in [0.25, 0.3) is 0 Å². The zero-order valence-corrected chi connectivity index (χ0v) is 52.6. The summed E-state index contributed by atoms with van der Waals surface area (Å²) in [5, 5.41) is 87.2. The van der Waals surface area contributed by atoms with E-state index in [0.717, 1.165) is 122 Å². The number of amides is 1. The summed E-state index contributed by atoms with van der Waals surface area (Å²) in [4.78, 5) is 13.3. The molecule has 2 aliphatic heterocycles. The Morgan fingerprint density at radius 1 is 0.435 bits per heavy atom. The van der Waals surface area contributed by atoms with E-state index in [1.54, 1.807) is 6.08 Å². The number of hydrogen-bond donors (Lipinski definition) is 9. The number of carbonyl (C=O) groups excluding carboxylic acids is 1. The minimum absolute atomic E-state index is 0.255. The highest BCUT2D eigenvalue weighted by atomic mass is 16.7. The molecule has 12 unspecified atom stereocenters. The molecule has 0 aromatic carbocycles. The predicted octanol–water partition coefficient (Wildman–Crippen LogP) is 12.9. The first-order valence-electron chi connectivity index (χ1n) is 33.3. The van der Waals surface area contributed by atoms with Gasteiger partial charge in [0.25, 0.3) is 0 Å². The van der Waals surface area contributed by atoms with Crippen LogP contribution in [-0.4, -0.2) is 140 Å². The normalized spacial score (nSPS) is 24.4. The molecule has 0 saturated carbocycles. The second-order valence-electron chi connectivity index (χ2n) is 22.9. The van der Waals surface area contributed by atoms with E-state index in [-0.39, 0.29) is 18.9 Å². The van der Waals surface area contributed by atoms with Gasteiger partial charge in [-0.05, 0) is 89.9 Å². The lowest BCUT2D eigenvalue weighted by molar-refractivity contribution is -0.359. The smallest absolute Gasteiger partial charge is 0.220 e. The Kier molecular flexibility index (Phi) is 49.7. The average molecular weight is 1190 g/mol. The van der Waals surface area contributed by atoms with Gasteiger partial charge in [0.1, 0.15) is 48.8 Å². The second-order valence-corrected chi connectivity index (χ2v) is 22.9. The molecule has 85 heavy (non-hydrogen) atoms. The van der Waals surface area contributed by atoms with Crippen molar-refractivity contribution in [2.45, 2.75) is 299 Å². The van der Waals surface area contributed by atoms with Crippen LogP contribution in [0.5, 0.6) is 0 Å². The van der Waals surface area contributed by atoms with Crippen molar-refractivity contribution in [1.82, 2.24) is 5.32 Å². The number of aliphatic hydroxyl groups excluding tert-OH is 8. The van der Waals surface area contributed by atoms with Crippen LogP contribution in [0.1, 0.15) is 226 Å². The number of carbonyl (C=O) groups is 1. The maximum Gasteiger partial charge on any atom is 0.220 e. The van der Waals surface area contributed by atoms with Crippen molar-refractivity contribution in [3.05, 3.63) is 122 Å². The van der Waals surface area contributed by atoms with Crippen LogP contribution in [0.4, 0.5) is 0 Å². The molecular weight excluding hydrogens is 1070 g/mol. The van der Waals surface area contributed by atoms with Crippen LogP contribution in [0, 0.1) is 0 Å². The van der Waals surface area contributed by atoms with Crippen molar-refractivity contribution in [3.8, 4) is 0 Å². The lowest BCUT2D eigenvalue weighted by Crippen LogP contribution is -2.65. The van der Waals surface area contributed by atoms with E-state index < -0.39 is 86.8 Å². The van der Waals surface area contributed by atoms with Crippen molar-refractivity contribution in [1.29, 1.82) is 0 Å². The fraction of sp³-hybridized carbons (Fsp3) is 0.704. The minimum Gasteiger partial charge on any atom is -0.394 e. The Morgan fingerprint density at radius 2 is 0.812 bits per heavy atom. The third kappa shape index (κ3) is 39.1. The molecule has 2 saturated heterocycles. The molecule has 486 valence electrons. The van der Waals surface area contributed by atoms with Gasteiger partial charge in [-0.15, -0.1) is 0 Å². The molecule has 14 nitrogen and oxygen atoms in total. The summed E-state index contributed by atoms with van der Waals surface area (Å²) >= 11 is 0. The van der Waals surface area contributed by atoms with E-state index in [9.17, 15) is 45.6 Å². The van der Waals surface area contributed by atoms with Gasteiger partial charge in [0.15, 0.2) is 12.6 Å². The van der Waals surface area contributed by atoms with Crippen LogP contribution >= 0.6 is 0 Å². The van der Waals surface area contributed by atoms with Crippen LogP contribution in [0.2, 0.25) is 0 Å². The van der Waals surface area contributed by atoms with E-state index in [1.165, 1.54) is 77.0 Å². The number of nitrogens with one attached hydrogen (secondary N) is 1. The molecule has 2 rings (SSSR count). The number of hydrogen-bond acceptors (Lipinski definition) is 13. The SMILES string of the molecule is CC/C=C\C/C=C\C/C=C\C/C=C\C/C=C\C/C=C\C/C=C\C/C=C\C/C=C\CCCCCCCCCC(=O)NC(COC1OC(CO)C(OC2OC(CO)C(O)C(O)C2O)C(O)C1O)C(O)/C=C/CCCCCCCCCCCCCCCC. The van der Waals surface area contributed by atoms with E-state index >= 15 is 0 Å². The number of ether oxygens (including phenoxy) is 4. The van der Waals surface area contributed by atoms with Gasteiger partial charge in [0.2, 0.25) is 5.91 Å². The van der Waals surface area contributed by atoms with Crippen LogP contribution in [-0.2, 0) is 23.7 Å². The van der Waals surface area contributed by atoms with Gasteiger partial charge >= 0.3 is 0 Å². The van der Waals surface area contributed by atoms with Gasteiger partial charge in [-0.1, -0.05) is 251 Å². The van der Waals surface area contributed by atoms with Gasteiger partial charge in [-0.3, -0.25) is 4.79 Å². The van der Waals surface area contributed by atoms with E-state index in [2.05, 4.69) is 129 Å². The largest absolute Gasteiger partial charge is 0.394 e. The molecule has 2 fully saturated rings. The first-order valence-corrected chi connectivity index (χ1v) is 33.3. The Morgan fingerprint density at radius 3 is 1.25 bits per heavy atom. The van der Waals surface area contributed by atoms with Crippen molar-refractivity contribution in [2.24, 2.45) is 0 Å². The molecule has 0 aromatic rings. The predicted molar refractivity (Wildman–Crippen MR) is 345 cm³/mol. The Balaban J connectivity index is 1.68. The van der Waals surface area contributed by atoms with Crippen LogP contribution in [0.3, 0.4) is 0 Å². The van der Waals surface area contributed by atoms with E-state index in [4.69, 9.17) is 18.9 Å². The third-order valence-corrected chi connectivity index (χ3v) is 15.4. The molecule has 9 N–H and O–H groups in total. The van der Waals surface area contributed by atoms with Crippen molar-refractivity contribution >= 4 is 5.91 Å². The molecular formula is C71H119NO13. The molecule has 0 aromatic heterocycles. The molecule has 0 radical (unpaired) electrons. The molecule has 14 heteroatoms. The number of unbranched alkanes of at least 4 members (excludes halogenated alkanes) is 21. The summed E-state index contributed by atoms with van der Waals surface area (Å²) in [7, 11) is 0. The average Bonchev–Trinajstić information content (AvgIpc) is 3.70. The third-order valence-electron chi connectivity index (χ3n) is 15.4. The summed E-state index contributed by atoms with van der Waals surface area (Å²) in [6, 6.07) is -0.930. The maximum atomic E-state index is 13.3. The quantitative estimate of drug-likeness (QED) is 0.0204. The second kappa shape index (κ2) is 54.5. The van der Waals surface area contributed by atoms with E-state index in [0.29, 0.717) is 6.42 Å². The zero-order valence-electron chi connectivity index (χ0n) is 52.6. The highest BCUT2D eigenvalue weighted by Crippen LogP contribution is 2.30. The highest BCUT2D eigenvalue weighted by molar-refractivity contribution is 5.76. The van der Waals surface area contributed by atoms with Crippen molar-refractivity contribution in [3.63, 3.8) is 0 Å². The van der Waals surface area contributed by atoms with Crippen LogP contribution in [0.15, 0.2) is 122 Å². The molecule has 2 heterocycles. The van der Waals surface area contributed by atoms with Gasteiger partial charge in [-0.2, -0.15) is 0 Å². The molecule has 0 spiro atoms. The monoisotopic (exact) mass is 1190 g/mol. The molecule has 0 aliphatic carbocycles. The molecule has 12 atom stereocenters. The van der Waals surface area contributed by atoms with Gasteiger partial charge < -0.3 is 65.1 Å². The summed E-state index contributed by atoms with van der Waals surface area (Å²) in [5.41, 5.74) is 0. The van der Waals surface area contributed by atoms with E-state index in [1.807, 2.05) is 6.08 Å². The first-order chi connectivity index (χ1) is 41.6. The summed E-state index contributed by atoms with van der Waals surface area (Å²) in [6.45, 7) is 2.67. The topological polar surface area (TPSA) is 228 Å². The number of aliphatic hydroxyl groups is 8. The van der Waals surface area contributed by atoms with Crippen LogP contribution < -0.4 is 5.32 Å². The van der Waals surface area contributed by atoms with Gasteiger partial charge in [-0.25, -0.2) is 0 Å². The van der Waals surface area contributed by atoms with Crippen molar-refractivity contribution < 1.29 is 64.6 Å². The number of allylic oxidation sites excluding steroid dienone is 19. The fourth-order valence-corrected chi connectivity index (χ4v) is 10.1. The summed E-state index contributed by atoms with van der Waals surface area (Å²) < 4.78 is 22.8. The molecule has 0 bridgehead atoms. The molecule has 1 amide bonds. The Bertz CT molecular complexity index is 1890. The Labute approximate surface area is 514 Å². The lowest BCUT2D eigenvalue weighted by atomic mass is 9.97. The summed E-state index contributed by atoms with van der Waals surface area (Å²) in [5.74, 6) is -0.255. The number of rotatable bonds is 52. The fourth-order valence-electron chi connectivity index (χ4n) is 10.1. The maximum absolute atomic E-state index is 13.3. The molecule has 2 aliphatic rings. The lowest BCUT2D eigenvalue weighted by Gasteiger charge is -2.46. The standard InChI is InChI=1S/C71H119NO13/c1-3-5-7-9-11-13-15-17-19-21-22-23-24-25-26-27-28-29-30-31-32-33-34-35-36-37-38-39-41-43-45-47-49-51-53-55-63(76)72-59(60(75)54-52-50-48-46-44-42-40-20-18-16-14-12-10-8-6-4-2)58-82-70-68(81)66(79)69(62(57-74)84-70)85-71-67(80)65(78)64(77)61(56-73)83-71/h5,7,11,13,17,19,22-23,25-26,28-29,31-32,34-35,37-38,52,54,59-62,64-71,73-75,77-81H,3-4,6,8-10,12,14-16,18,20-21,24,27,30,33,36,39-51,53,55-58H2,1-2H3,(H,72,76)/b7-5-,13-11-,19-17-,23-22-,26-25-,29-28-,32-31-,35-34-,38-37-,54-52+. The minimum atomic E-state index is -1.79. The van der Waals surface area contributed by atoms with Gasteiger partial charge in [0, 0.05) is 6.42 Å². The zero-order chi connectivity index (χ0) is 61.6. The van der Waals surface area contributed by atoms with Crippen molar-refractivity contribution in [2.75, 3.05) is 19.8 Å².